The number of rotatable bonds is 2. The lowest BCUT2D eigenvalue weighted by atomic mass is 9.92. The van der Waals surface area contributed by atoms with Crippen molar-refractivity contribution in [3.05, 3.63) is 35.1 Å². The summed E-state index contributed by atoms with van der Waals surface area (Å²) in [6, 6.07) is 4.73. The molecule has 17 heavy (non-hydrogen) atoms. The molecule has 1 aliphatic heterocycles. The van der Waals surface area contributed by atoms with E-state index >= 15 is 0 Å². The van der Waals surface area contributed by atoms with Crippen LogP contribution in [-0.4, -0.2) is 17.3 Å². The van der Waals surface area contributed by atoms with Gasteiger partial charge in [-0.25, -0.2) is 4.39 Å². The molecule has 1 aliphatic rings. The second kappa shape index (κ2) is 4.13. The van der Waals surface area contributed by atoms with Crippen LogP contribution in [0.25, 0.3) is 0 Å². The molecular formula is C14H19FN2. The minimum atomic E-state index is -0.258. The number of amidine groups is 1. The van der Waals surface area contributed by atoms with Gasteiger partial charge in [-0.15, -0.1) is 0 Å². The van der Waals surface area contributed by atoms with Crippen LogP contribution in [0.5, 0.6) is 0 Å². The van der Waals surface area contributed by atoms with Gasteiger partial charge in [-0.2, -0.15) is 0 Å². The van der Waals surface area contributed by atoms with Crippen molar-refractivity contribution in [3.63, 3.8) is 0 Å². The maximum Gasteiger partial charge on any atom is 0.128 e. The van der Waals surface area contributed by atoms with E-state index in [4.69, 9.17) is 5.41 Å². The van der Waals surface area contributed by atoms with Crippen molar-refractivity contribution in [2.24, 2.45) is 5.41 Å². The van der Waals surface area contributed by atoms with Crippen LogP contribution in [0.3, 0.4) is 0 Å². The molecule has 0 saturated carbocycles. The van der Waals surface area contributed by atoms with Crippen LogP contribution in [-0.2, 0) is 6.54 Å². The quantitative estimate of drug-likeness (QED) is 0.834. The fourth-order valence-electron chi connectivity index (χ4n) is 2.02. The Morgan fingerprint density at radius 3 is 2.71 bits per heavy atom. The fraction of sp³-hybridized carbons (Fsp3) is 0.500. The van der Waals surface area contributed by atoms with E-state index in [1.54, 1.807) is 6.07 Å². The van der Waals surface area contributed by atoms with Crippen molar-refractivity contribution in [1.29, 1.82) is 5.41 Å². The normalized spacial score (nSPS) is 15.3. The third-order valence-electron chi connectivity index (χ3n) is 3.14. The molecule has 1 N–H and O–H groups in total. The van der Waals surface area contributed by atoms with Crippen LogP contribution in [0.15, 0.2) is 18.2 Å². The van der Waals surface area contributed by atoms with Gasteiger partial charge in [-0.3, -0.25) is 5.41 Å². The second-order valence-electron chi connectivity index (χ2n) is 5.88. The molecule has 2 rings (SSSR count). The molecule has 3 heteroatoms. The van der Waals surface area contributed by atoms with Crippen LogP contribution in [0.2, 0.25) is 0 Å². The predicted octanol–water partition coefficient (Wildman–Crippen LogP) is 3.40. The van der Waals surface area contributed by atoms with Gasteiger partial charge in [0, 0.05) is 18.7 Å². The Morgan fingerprint density at radius 2 is 2.06 bits per heavy atom. The molecule has 1 heterocycles. The molecule has 0 aliphatic carbocycles. The molecule has 0 radical (unpaired) electrons. The molecule has 0 bridgehead atoms. The third kappa shape index (κ3) is 2.65. The van der Waals surface area contributed by atoms with Gasteiger partial charge in [0.25, 0.3) is 0 Å². The zero-order valence-electron chi connectivity index (χ0n) is 10.7. The highest BCUT2D eigenvalue weighted by atomic mass is 19.1. The van der Waals surface area contributed by atoms with Crippen LogP contribution >= 0.6 is 0 Å². The Bertz CT molecular complexity index is 446. The smallest absolute Gasteiger partial charge is 0.128 e. The number of nitrogens with one attached hydrogen (secondary N) is 1. The van der Waals surface area contributed by atoms with Gasteiger partial charge in [0.2, 0.25) is 0 Å². The van der Waals surface area contributed by atoms with E-state index in [0.29, 0.717) is 5.84 Å². The van der Waals surface area contributed by atoms with Gasteiger partial charge >= 0.3 is 0 Å². The highest BCUT2D eigenvalue weighted by molar-refractivity contribution is 6.00. The van der Waals surface area contributed by atoms with E-state index in [0.717, 1.165) is 30.6 Å². The van der Waals surface area contributed by atoms with E-state index in [2.05, 4.69) is 20.8 Å². The topological polar surface area (TPSA) is 27.1 Å². The van der Waals surface area contributed by atoms with Gasteiger partial charge < -0.3 is 4.90 Å². The van der Waals surface area contributed by atoms with Crippen LogP contribution in [0.4, 0.5) is 4.39 Å². The first kappa shape index (κ1) is 12.1. The lowest BCUT2D eigenvalue weighted by Crippen LogP contribution is -2.27. The Balaban J connectivity index is 2.10. The third-order valence-corrected chi connectivity index (χ3v) is 3.14. The maximum atomic E-state index is 13.1. The molecule has 0 saturated heterocycles. The minimum Gasteiger partial charge on any atom is -0.352 e. The summed E-state index contributed by atoms with van der Waals surface area (Å²) >= 11 is 0. The molecule has 0 spiro atoms. The number of halogens is 1. The number of fused-ring (bicyclic) bond motifs is 1. The first-order valence-corrected chi connectivity index (χ1v) is 5.99. The van der Waals surface area contributed by atoms with Crippen molar-refractivity contribution in [2.45, 2.75) is 33.7 Å². The Labute approximate surface area is 102 Å². The Morgan fingerprint density at radius 1 is 1.35 bits per heavy atom. The molecule has 0 amide bonds. The monoisotopic (exact) mass is 234 g/mol. The average Bonchev–Trinajstić information content (AvgIpc) is 2.52. The molecule has 1 aromatic carbocycles. The van der Waals surface area contributed by atoms with Crippen molar-refractivity contribution < 1.29 is 4.39 Å². The van der Waals surface area contributed by atoms with Gasteiger partial charge in [0.1, 0.15) is 11.7 Å². The molecule has 92 valence electrons. The molecule has 0 aromatic heterocycles. The molecule has 0 unspecified atom stereocenters. The summed E-state index contributed by atoms with van der Waals surface area (Å²) in [5, 5.41) is 8.05. The van der Waals surface area contributed by atoms with E-state index in [9.17, 15) is 4.39 Å². The van der Waals surface area contributed by atoms with Crippen molar-refractivity contribution >= 4 is 5.84 Å². The molecule has 0 atom stereocenters. The summed E-state index contributed by atoms with van der Waals surface area (Å²) in [6.07, 6.45) is 1.03. The van der Waals surface area contributed by atoms with Crippen LogP contribution < -0.4 is 0 Å². The maximum absolute atomic E-state index is 13.1. The highest BCUT2D eigenvalue weighted by Crippen LogP contribution is 2.26. The van der Waals surface area contributed by atoms with Gasteiger partial charge in [0.15, 0.2) is 0 Å². The molecular weight excluding hydrogens is 215 g/mol. The summed E-state index contributed by atoms with van der Waals surface area (Å²) < 4.78 is 13.1. The lowest BCUT2D eigenvalue weighted by molar-refractivity contribution is 0.307. The van der Waals surface area contributed by atoms with Crippen molar-refractivity contribution in [3.8, 4) is 0 Å². The van der Waals surface area contributed by atoms with Gasteiger partial charge in [-0.05, 0) is 29.5 Å². The molecule has 1 aromatic rings. The number of benzene rings is 1. The first-order valence-electron chi connectivity index (χ1n) is 5.99. The van der Waals surface area contributed by atoms with Crippen molar-refractivity contribution in [2.75, 3.05) is 6.54 Å². The zero-order valence-corrected chi connectivity index (χ0v) is 10.7. The highest BCUT2D eigenvalue weighted by Gasteiger charge is 2.25. The Hall–Kier alpha value is -1.38. The number of nitrogens with zero attached hydrogens (tertiary/aromatic N) is 1. The zero-order chi connectivity index (χ0) is 12.6. The Kier molecular flexibility index (Phi) is 2.94. The van der Waals surface area contributed by atoms with Gasteiger partial charge in [0.05, 0.1) is 0 Å². The van der Waals surface area contributed by atoms with E-state index in [1.807, 2.05) is 4.90 Å². The number of hydrogen-bond acceptors (Lipinski definition) is 1. The first-order chi connectivity index (χ1) is 7.87. The van der Waals surface area contributed by atoms with E-state index < -0.39 is 0 Å². The average molecular weight is 234 g/mol. The van der Waals surface area contributed by atoms with Crippen LogP contribution in [0.1, 0.15) is 38.3 Å². The SMILES string of the molecule is CC(C)(C)CCN1Cc2ccc(F)cc2C1=N. The van der Waals surface area contributed by atoms with Crippen molar-refractivity contribution in [1.82, 2.24) is 4.90 Å². The predicted molar refractivity (Wildman–Crippen MR) is 67.7 cm³/mol. The second-order valence-corrected chi connectivity index (χ2v) is 5.88. The molecule has 2 nitrogen and oxygen atoms in total. The molecule has 0 fully saturated rings. The summed E-state index contributed by atoms with van der Waals surface area (Å²) in [6.45, 7) is 8.18. The van der Waals surface area contributed by atoms with Crippen LogP contribution in [0, 0.1) is 16.6 Å². The largest absolute Gasteiger partial charge is 0.352 e. The number of hydrogen-bond donors (Lipinski definition) is 1. The summed E-state index contributed by atoms with van der Waals surface area (Å²) in [5.74, 6) is 0.204. The lowest BCUT2D eigenvalue weighted by Gasteiger charge is -2.24. The fourth-order valence-corrected chi connectivity index (χ4v) is 2.02. The summed E-state index contributed by atoms with van der Waals surface area (Å²) in [5.41, 5.74) is 2.07. The standard InChI is InChI=1S/C14H19FN2/c1-14(2,3)6-7-17-9-10-4-5-11(15)8-12(10)13(17)16/h4-5,8,16H,6-7,9H2,1-3H3. The van der Waals surface area contributed by atoms with E-state index in [-0.39, 0.29) is 11.2 Å². The minimum absolute atomic E-state index is 0.258. The summed E-state index contributed by atoms with van der Waals surface area (Å²) in [7, 11) is 0. The van der Waals surface area contributed by atoms with E-state index in [1.165, 1.54) is 12.1 Å². The summed E-state index contributed by atoms with van der Waals surface area (Å²) in [4.78, 5) is 2.02. The van der Waals surface area contributed by atoms with Gasteiger partial charge in [-0.1, -0.05) is 26.8 Å².